The van der Waals surface area contributed by atoms with Crippen LogP contribution >= 0.6 is 11.8 Å². The summed E-state index contributed by atoms with van der Waals surface area (Å²) in [7, 11) is 0. The van der Waals surface area contributed by atoms with Crippen LogP contribution in [0.3, 0.4) is 0 Å². The maximum atomic E-state index is 11.6. The third-order valence-corrected chi connectivity index (χ3v) is 7.32. The zero-order valence-corrected chi connectivity index (χ0v) is 19.0. The summed E-state index contributed by atoms with van der Waals surface area (Å²) in [4.78, 5) is 21.3. The van der Waals surface area contributed by atoms with E-state index in [1.165, 1.54) is 12.1 Å². The normalized spacial score (nSPS) is 14.9. The number of nitro groups is 2. The molecule has 5 rings (SSSR count). The Morgan fingerprint density at radius 1 is 0.743 bits per heavy atom. The molecule has 1 N–H and O–H groups in total. The number of fused-ring (bicyclic) bond motifs is 1. The number of hydrogen-bond acceptors (Lipinski definition) is 7. The first-order valence-electron chi connectivity index (χ1n) is 10.7. The molecule has 1 aliphatic rings. The van der Waals surface area contributed by atoms with Crippen molar-refractivity contribution in [3.8, 4) is 0 Å². The van der Waals surface area contributed by atoms with Gasteiger partial charge in [-0.2, -0.15) is 5.10 Å². The van der Waals surface area contributed by atoms with Gasteiger partial charge in [-0.1, -0.05) is 96.7 Å². The highest BCUT2D eigenvalue weighted by atomic mass is 32.2. The zero-order chi connectivity index (χ0) is 24.4. The lowest BCUT2D eigenvalue weighted by molar-refractivity contribution is -0.393. The monoisotopic (exact) mass is 482 g/mol. The number of anilines is 1. The van der Waals surface area contributed by atoms with Crippen molar-refractivity contribution in [1.29, 1.82) is 0 Å². The number of hydrogen-bond donors (Lipinski definition) is 1. The van der Waals surface area contributed by atoms with Crippen LogP contribution in [0, 0.1) is 20.2 Å². The molecule has 0 atom stereocenters. The molecule has 8 nitrogen and oxygen atoms in total. The summed E-state index contributed by atoms with van der Waals surface area (Å²) in [6.45, 7) is 0. The molecule has 9 heteroatoms. The maximum Gasteiger partial charge on any atom is 0.301 e. The minimum atomic E-state index is -0.667. The predicted molar refractivity (Wildman–Crippen MR) is 137 cm³/mol. The number of hydrazone groups is 1. The van der Waals surface area contributed by atoms with E-state index < -0.39 is 20.3 Å². The fraction of sp³-hybridized carbons (Fsp3) is 0.0385. The van der Waals surface area contributed by atoms with Crippen molar-refractivity contribution in [3.63, 3.8) is 0 Å². The van der Waals surface area contributed by atoms with Gasteiger partial charge in [-0.3, -0.25) is 25.7 Å². The van der Waals surface area contributed by atoms with Crippen LogP contribution in [-0.4, -0.2) is 14.9 Å². The van der Waals surface area contributed by atoms with Crippen LogP contribution in [-0.2, 0) is 4.75 Å². The molecule has 0 radical (unpaired) electrons. The van der Waals surface area contributed by atoms with Gasteiger partial charge in [0.05, 0.1) is 20.7 Å². The van der Waals surface area contributed by atoms with E-state index in [0.717, 1.165) is 28.3 Å². The Bertz CT molecular complexity index is 1420. The molecular formula is C26H18N4O4S. The average molecular weight is 483 g/mol. The minimum Gasteiger partial charge on any atom is -0.271 e. The van der Waals surface area contributed by atoms with Crippen molar-refractivity contribution >= 4 is 33.9 Å². The molecule has 0 saturated carbocycles. The molecule has 0 fully saturated rings. The van der Waals surface area contributed by atoms with Gasteiger partial charge in [-0.25, -0.2) is 0 Å². The number of non-ortho nitro benzene ring substituents is 1. The highest BCUT2D eigenvalue weighted by Gasteiger charge is 2.46. The molecule has 4 aromatic carbocycles. The summed E-state index contributed by atoms with van der Waals surface area (Å²) in [5, 5.41) is 27.8. The highest BCUT2D eigenvalue weighted by Crippen LogP contribution is 2.55. The molecule has 1 aliphatic heterocycles. The van der Waals surface area contributed by atoms with Crippen LogP contribution in [0.5, 0.6) is 0 Å². The average Bonchev–Trinajstić information content (AvgIpc) is 3.24. The number of thioether (sulfide) groups is 1. The molecule has 35 heavy (non-hydrogen) atoms. The Kier molecular flexibility index (Phi) is 5.76. The quantitative estimate of drug-likeness (QED) is 0.254. The fourth-order valence-corrected chi connectivity index (χ4v) is 5.71. The lowest BCUT2D eigenvalue weighted by atomic mass is 9.82. The number of nitro benzene ring substituents is 2. The van der Waals surface area contributed by atoms with E-state index in [4.69, 9.17) is 0 Å². The summed E-state index contributed by atoms with van der Waals surface area (Å²) >= 11 is 1.54. The Morgan fingerprint density at radius 3 is 1.94 bits per heavy atom. The van der Waals surface area contributed by atoms with Crippen molar-refractivity contribution in [2.45, 2.75) is 4.75 Å². The Hall–Kier alpha value is -4.50. The number of rotatable bonds is 6. The van der Waals surface area contributed by atoms with Gasteiger partial charge < -0.3 is 0 Å². The predicted octanol–water partition coefficient (Wildman–Crippen LogP) is 6.32. The summed E-state index contributed by atoms with van der Waals surface area (Å²) < 4.78 is -0.568. The van der Waals surface area contributed by atoms with Crippen molar-refractivity contribution in [3.05, 3.63) is 146 Å². The smallest absolute Gasteiger partial charge is 0.271 e. The SMILES string of the molecule is O=[N+]([O-])c1ccc(N/N=C2\SC(c3ccccc3)(c3ccccc3)c3ccccc32)c([N+](=O)[O-])c1. The Morgan fingerprint density at radius 2 is 1.34 bits per heavy atom. The molecule has 0 aliphatic carbocycles. The van der Waals surface area contributed by atoms with Crippen molar-refractivity contribution < 1.29 is 9.85 Å². The summed E-state index contributed by atoms with van der Waals surface area (Å²) in [6.07, 6.45) is 0. The van der Waals surface area contributed by atoms with E-state index in [2.05, 4.69) is 40.9 Å². The van der Waals surface area contributed by atoms with Gasteiger partial charge >= 0.3 is 5.69 Å². The molecule has 172 valence electrons. The molecule has 0 unspecified atom stereocenters. The second-order valence-electron chi connectivity index (χ2n) is 7.81. The second kappa shape index (κ2) is 9.03. The summed E-state index contributed by atoms with van der Waals surface area (Å²) in [5.74, 6) is 0. The highest BCUT2D eigenvalue weighted by molar-refractivity contribution is 8.16. The first-order chi connectivity index (χ1) is 17.0. The first kappa shape index (κ1) is 22.3. The third kappa shape index (κ3) is 3.91. The second-order valence-corrected chi connectivity index (χ2v) is 9.01. The zero-order valence-electron chi connectivity index (χ0n) is 18.2. The van der Waals surface area contributed by atoms with E-state index in [-0.39, 0.29) is 11.4 Å². The molecule has 0 amide bonds. The van der Waals surface area contributed by atoms with E-state index in [0.29, 0.717) is 5.04 Å². The molecule has 4 aromatic rings. The Labute approximate surface area is 204 Å². The standard InChI is InChI=1S/C26H18N4O4S/c31-29(32)20-15-16-23(24(17-20)30(33)34)27-28-25-21-13-7-8-14-22(21)26(35-25,18-9-3-1-4-10-18)19-11-5-2-6-12-19/h1-17,27H/b28-25-. The van der Waals surface area contributed by atoms with Gasteiger partial charge in [0.2, 0.25) is 0 Å². The van der Waals surface area contributed by atoms with E-state index in [9.17, 15) is 20.2 Å². The van der Waals surface area contributed by atoms with Crippen molar-refractivity contribution in [2.75, 3.05) is 5.43 Å². The molecule has 0 aromatic heterocycles. The van der Waals surface area contributed by atoms with Crippen LogP contribution in [0.4, 0.5) is 17.1 Å². The van der Waals surface area contributed by atoms with Crippen LogP contribution < -0.4 is 5.43 Å². The molecule has 0 saturated heterocycles. The third-order valence-electron chi connectivity index (χ3n) is 5.81. The number of benzene rings is 4. The topological polar surface area (TPSA) is 111 Å². The summed E-state index contributed by atoms with van der Waals surface area (Å²) in [6, 6.07) is 31.6. The minimum absolute atomic E-state index is 0.0723. The van der Waals surface area contributed by atoms with Gasteiger partial charge in [-0.15, -0.1) is 0 Å². The van der Waals surface area contributed by atoms with Crippen molar-refractivity contribution in [1.82, 2.24) is 0 Å². The van der Waals surface area contributed by atoms with Crippen LogP contribution in [0.25, 0.3) is 0 Å². The van der Waals surface area contributed by atoms with Crippen molar-refractivity contribution in [2.24, 2.45) is 5.10 Å². The largest absolute Gasteiger partial charge is 0.301 e. The molecule has 0 spiro atoms. The molecular weight excluding hydrogens is 464 g/mol. The van der Waals surface area contributed by atoms with Gasteiger partial charge in [0.1, 0.15) is 10.7 Å². The lowest BCUT2D eigenvalue weighted by Crippen LogP contribution is -2.22. The van der Waals surface area contributed by atoms with E-state index in [1.54, 1.807) is 11.8 Å². The maximum absolute atomic E-state index is 11.6. The van der Waals surface area contributed by atoms with Crippen LogP contribution in [0.1, 0.15) is 22.3 Å². The number of nitrogens with zero attached hydrogens (tertiary/aromatic N) is 3. The summed E-state index contributed by atoms with van der Waals surface area (Å²) in [5.41, 5.74) is 6.20. The fourth-order valence-electron chi connectivity index (χ4n) is 4.25. The van der Waals surface area contributed by atoms with E-state index >= 15 is 0 Å². The van der Waals surface area contributed by atoms with Gasteiger partial charge in [0.15, 0.2) is 0 Å². The lowest BCUT2D eigenvalue weighted by Gasteiger charge is -2.30. The first-order valence-corrected chi connectivity index (χ1v) is 11.5. The van der Waals surface area contributed by atoms with Gasteiger partial charge in [0, 0.05) is 11.6 Å². The van der Waals surface area contributed by atoms with Crippen LogP contribution in [0.15, 0.2) is 108 Å². The Balaban J connectivity index is 1.63. The van der Waals surface area contributed by atoms with Crippen LogP contribution in [0.2, 0.25) is 0 Å². The van der Waals surface area contributed by atoms with E-state index in [1.807, 2.05) is 54.6 Å². The van der Waals surface area contributed by atoms with Gasteiger partial charge in [-0.05, 0) is 22.8 Å². The number of nitrogens with one attached hydrogen (secondary N) is 1. The molecule has 0 bridgehead atoms. The molecule has 1 heterocycles. The van der Waals surface area contributed by atoms with Gasteiger partial charge in [0.25, 0.3) is 5.69 Å².